The molecule has 0 saturated carbocycles. The van der Waals surface area contributed by atoms with Crippen LogP contribution in [0.3, 0.4) is 0 Å². The van der Waals surface area contributed by atoms with Gasteiger partial charge in [-0.1, -0.05) is 35.9 Å². The number of halogens is 1. The molecule has 0 spiro atoms. The lowest BCUT2D eigenvalue weighted by molar-refractivity contribution is -0.113. The predicted molar refractivity (Wildman–Crippen MR) is 103 cm³/mol. The lowest BCUT2D eigenvalue weighted by Crippen LogP contribution is -2.31. The number of hydrogen-bond acceptors (Lipinski definition) is 5. The molecule has 1 amide bonds. The van der Waals surface area contributed by atoms with Crippen molar-refractivity contribution in [2.24, 2.45) is 0 Å². The molecule has 0 saturated heterocycles. The highest BCUT2D eigenvalue weighted by atomic mass is 35.5. The Morgan fingerprint density at radius 1 is 1.26 bits per heavy atom. The SMILES string of the molecule is CC1=C(C(=O)Nc2ccccc2Cl)[C@@H](c2cccc(O)c2)n2ncnc2N1. The molecule has 3 aromatic rings. The summed E-state index contributed by atoms with van der Waals surface area (Å²) in [4.78, 5) is 17.3. The number of carbonyl (C=O) groups is 1. The van der Waals surface area contributed by atoms with Crippen molar-refractivity contribution in [3.05, 3.63) is 76.7 Å². The van der Waals surface area contributed by atoms with E-state index in [0.29, 0.717) is 33.5 Å². The minimum Gasteiger partial charge on any atom is -0.508 e. The first-order valence-corrected chi connectivity index (χ1v) is 8.64. The fraction of sp³-hybridized carbons (Fsp3) is 0.105. The summed E-state index contributed by atoms with van der Waals surface area (Å²) in [5, 5.41) is 20.6. The largest absolute Gasteiger partial charge is 0.508 e. The standard InChI is InChI=1S/C19H16ClN5O2/c1-11-16(18(27)24-15-8-3-2-7-14(15)20)17(12-5-4-6-13(26)9-12)25-19(23-11)21-10-22-25/h2-10,17,26H,1H3,(H,24,27)(H,21,22,23)/t17-/m1/s1. The van der Waals surface area contributed by atoms with Gasteiger partial charge in [-0.25, -0.2) is 4.68 Å². The maximum absolute atomic E-state index is 13.1. The Morgan fingerprint density at radius 2 is 2.07 bits per heavy atom. The van der Waals surface area contributed by atoms with Crippen molar-refractivity contribution < 1.29 is 9.90 Å². The average Bonchev–Trinajstić information content (AvgIpc) is 3.10. The number of benzene rings is 2. The van der Waals surface area contributed by atoms with Gasteiger partial charge < -0.3 is 15.7 Å². The van der Waals surface area contributed by atoms with E-state index >= 15 is 0 Å². The fourth-order valence-corrected chi connectivity index (χ4v) is 3.32. The van der Waals surface area contributed by atoms with Gasteiger partial charge in [0, 0.05) is 5.70 Å². The molecule has 1 aromatic heterocycles. The van der Waals surface area contributed by atoms with Gasteiger partial charge in [0.15, 0.2) is 0 Å². The van der Waals surface area contributed by atoms with E-state index in [9.17, 15) is 9.90 Å². The summed E-state index contributed by atoms with van der Waals surface area (Å²) in [7, 11) is 0. The van der Waals surface area contributed by atoms with Crippen molar-refractivity contribution in [2.75, 3.05) is 10.6 Å². The van der Waals surface area contributed by atoms with Crippen LogP contribution in [0.2, 0.25) is 5.02 Å². The molecule has 8 heteroatoms. The van der Waals surface area contributed by atoms with Crippen molar-refractivity contribution in [1.82, 2.24) is 14.8 Å². The molecule has 0 bridgehead atoms. The summed E-state index contributed by atoms with van der Waals surface area (Å²) in [6.45, 7) is 1.80. The molecule has 0 fully saturated rings. The van der Waals surface area contributed by atoms with Crippen molar-refractivity contribution in [2.45, 2.75) is 13.0 Å². The number of allylic oxidation sites excluding steroid dienone is 1. The topological polar surface area (TPSA) is 92.1 Å². The van der Waals surface area contributed by atoms with Gasteiger partial charge in [0.25, 0.3) is 5.91 Å². The summed E-state index contributed by atoms with van der Waals surface area (Å²) in [5.74, 6) is 0.314. The van der Waals surface area contributed by atoms with Crippen LogP contribution in [0.1, 0.15) is 18.5 Å². The highest BCUT2D eigenvalue weighted by Gasteiger charge is 2.33. The summed E-state index contributed by atoms with van der Waals surface area (Å²) in [6.07, 6.45) is 1.42. The van der Waals surface area contributed by atoms with Gasteiger partial charge in [-0.05, 0) is 36.8 Å². The van der Waals surface area contributed by atoms with Gasteiger partial charge in [0.1, 0.15) is 18.1 Å². The van der Waals surface area contributed by atoms with Crippen LogP contribution in [0.15, 0.2) is 66.1 Å². The molecular weight excluding hydrogens is 366 g/mol. The number of aromatic nitrogens is 3. The van der Waals surface area contributed by atoms with E-state index in [2.05, 4.69) is 20.7 Å². The van der Waals surface area contributed by atoms with Gasteiger partial charge in [-0.15, -0.1) is 0 Å². The Balaban J connectivity index is 1.79. The minimum absolute atomic E-state index is 0.108. The molecule has 7 nitrogen and oxygen atoms in total. The summed E-state index contributed by atoms with van der Waals surface area (Å²) >= 11 is 6.17. The Labute approximate surface area is 160 Å². The third kappa shape index (κ3) is 3.13. The number of phenols is 1. The Kier molecular flexibility index (Phi) is 4.29. The summed E-state index contributed by atoms with van der Waals surface area (Å²) in [6, 6.07) is 13.2. The second-order valence-electron chi connectivity index (χ2n) is 6.12. The van der Waals surface area contributed by atoms with E-state index in [4.69, 9.17) is 11.6 Å². The zero-order valence-electron chi connectivity index (χ0n) is 14.3. The molecule has 1 aliphatic rings. The first-order chi connectivity index (χ1) is 13.0. The van der Waals surface area contributed by atoms with Gasteiger partial charge >= 0.3 is 0 Å². The van der Waals surface area contributed by atoms with E-state index in [1.165, 1.54) is 6.33 Å². The van der Waals surface area contributed by atoms with Gasteiger partial charge in [-0.2, -0.15) is 10.1 Å². The molecule has 27 heavy (non-hydrogen) atoms. The number of nitrogens with zero attached hydrogens (tertiary/aromatic N) is 3. The number of rotatable bonds is 3. The maximum Gasteiger partial charge on any atom is 0.255 e. The number of phenolic OH excluding ortho intramolecular Hbond substituents is 1. The van der Waals surface area contributed by atoms with Crippen LogP contribution >= 0.6 is 11.6 Å². The van der Waals surface area contributed by atoms with E-state index in [1.54, 1.807) is 54.1 Å². The molecule has 136 valence electrons. The molecule has 1 aliphatic heterocycles. The second kappa shape index (κ2) is 6.77. The second-order valence-corrected chi connectivity index (χ2v) is 6.53. The minimum atomic E-state index is -0.543. The Morgan fingerprint density at radius 3 is 2.85 bits per heavy atom. The first-order valence-electron chi connectivity index (χ1n) is 8.26. The van der Waals surface area contributed by atoms with Crippen LogP contribution < -0.4 is 10.6 Å². The van der Waals surface area contributed by atoms with Crippen LogP contribution in [-0.2, 0) is 4.79 Å². The quantitative estimate of drug-likeness (QED) is 0.645. The monoisotopic (exact) mass is 381 g/mol. The molecule has 1 atom stereocenters. The van der Waals surface area contributed by atoms with E-state index < -0.39 is 6.04 Å². The third-order valence-corrected chi connectivity index (χ3v) is 4.68. The van der Waals surface area contributed by atoms with Gasteiger partial charge in [0.05, 0.1) is 16.3 Å². The van der Waals surface area contributed by atoms with Crippen molar-refractivity contribution in [1.29, 1.82) is 0 Å². The highest BCUT2D eigenvalue weighted by Crippen LogP contribution is 2.36. The molecular formula is C19H16ClN5O2. The zero-order valence-corrected chi connectivity index (χ0v) is 15.1. The Hall–Kier alpha value is -3.32. The molecule has 0 aliphatic carbocycles. The lowest BCUT2D eigenvalue weighted by Gasteiger charge is -2.28. The number of fused-ring (bicyclic) bond motifs is 1. The van der Waals surface area contributed by atoms with Gasteiger partial charge in [0.2, 0.25) is 5.95 Å². The highest BCUT2D eigenvalue weighted by molar-refractivity contribution is 6.33. The Bertz CT molecular complexity index is 1060. The average molecular weight is 382 g/mol. The lowest BCUT2D eigenvalue weighted by atomic mass is 9.95. The molecule has 2 aromatic carbocycles. The molecule has 3 N–H and O–H groups in total. The summed E-state index contributed by atoms with van der Waals surface area (Å²) in [5.41, 5.74) is 2.34. The smallest absolute Gasteiger partial charge is 0.255 e. The number of nitrogens with one attached hydrogen (secondary N) is 2. The van der Waals surface area contributed by atoms with E-state index in [-0.39, 0.29) is 11.7 Å². The van der Waals surface area contributed by atoms with Crippen LogP contribution in [0.25, 0.3) is 0 Å². The first kappa shape index (κ1) is 17.1. The third-order valence-electron chi connectivity index (χ3n) is 4.35. The van der Waals surface area contributed by atoms with Crippen LogP contribution in [0.5, 0.6) is 5.75 Å². The number of amides is 1. The summed E-state index contributed by atoms with van der Waals surface area (Å²) < 4.78 is 1.61. The van der Waals surface area contributed by atoms with Gasteiger partial charge in [-0.3, -0.25) is 4.79 Å². The van der Waals surface area contributed by atoms with Crippen molar-refractivity contribution in [3.8, 4) is 5.75 Å². The zero-order chi connectivity index (χ0) is 19.0. The molecule has 2 heterocycles. The number of hydrogen-bond donors (Lipinski definition) is 3. The number of para-hydroxylation sites is 1. The predicted octanol–water partition coefficient (Wildman–Crippen LogP) is 3.56. The van der Waals surface area contributed by atoms with Crippen LogP contribution in [-0.4, -0.2) is 25.8 Å². The van der Waals surface area contributed by atoms with Crippen LogP contribution in [0.4, 0.5) is 11.6 Å². The molecule has 4 rings (SSSR count). The van der Waals surface area contributed by atoms with Crippen molar-refractivity contribution >= 4 is 29.1 Å². The normalized spacial score (nSPS) is 15.9. The van der Waals surface area contributed by atoms with E-state index in [0.717, 1.165) is 0 Å². The molecule has 0 unspecified atom stereocenters. The van der Waals surface area contributed by atoms with Crippen molar-refractivity contribution in [3.63, 3.8) is 0 Å². The maximum atomic E-state index is 13.1. The molecule has 0 radical (unpaired) electrons. The fourth-order valence-electron chi connectivity index (χ4n) is 3.14. The van der Waals surface area contributed by atoms with Crippen LogP contribution in [0, 0.1) is 0 Å². The number of aromatic hydroxyl groups is 1. The number of anilines is 2. The van der Waals surface area contributed by atoms with E-state index in [1.807, 2.05) is 6.07 Å². The number of carbonyl (C=O) groups excluding carboxylic acids is 1.